The third-order valence-electron chi connectivity index (χ3n) is 6.38. The first-order chi connectivity index (χ1) is 18.3. The molecule has 0 unspecified atom stereocenters. The molecule has 6 rings (SSSR count). The Bertz CT molecular complexity index is 1780. The Morgan fingerprint density at radius 3 is 2.50 bits per heavy atom. The first-order valence-corrected chi connectivity index (χ1v) is 12.4. The fourth-order valence-corrected chi connectivity index (χ4v) is 4.68. The Kier molecular flexibility index (Phi) is 5.72. The van der Waals surface area contributed by atoms with Crippen LogP contribution in [0.25, 0.3) is 55.4 Å². The molecule has 0 atom stereocenters. The van der Waals surface area contributed by atoms with Crippen LogP contribution >= 0.6 is 0 Å². The Balaban J connectivity index is 1.36. The number of amides is 1. The highest BCUT2D eigenvalue weighted by molar-refractivity contribution is 6.01. The van der Waals surface area contributed by atoms with Gasteiger partial charge < -0.3 is 10.3 Å². The highest BCUT2D eigenvalue weighted by atomic mass is 16.1. The molecular weight excluding hydrogens is 474 g/mol. The van der Waals surface area contributed by atoms with Crippen molar-refractivity contribution in [3.63, 3.8) is 0 Å². The van der Waals surface area contributed by atoms with Gasteiger partial charge in [-0.2, -0.15) is 5.10 Å². The topological polar surface area (TPSA) is 112 Å². The summed E-state index contributed by atoms with van der Waals surface area (Å²) < 4.78 is 0. The Hall–Kier alpha value is -4.85. The van der Waals surface area contributed by atoms with Crippen molar-refractivity contribution in [3.05, 3.63) is 79.6 Å². The van der Waals surface area contributed by atoms with Crippen LogP contribution in [0.5, 0.6) is 0 Å². The largest absolute Gasteiger partial charge is 0.352 e. The van der Waals surface area contributed by atoms with Crippen LogP contribution in [0.1, 0.15) is 27.2 Å². The van der Waals surface area contributed by atoms with Crippen LogP contribution in [-0.2, 0) is 4.79 Å². The Labute approximate surface area is 219 Å². The maximum absolute atomic E-state index is 12.4. The molecule has 8 heteroatoms. The third kappa shape index (κ3) is 4.64. The monoisotopic (exact) mass is 501 g/mol. The number of aromatic amines is 2. The Morgan fingerprint density at radius 1 is 0.842 bits per heavy atom. The smallest absolute Gasteiger partial charge is 0.224 e. The lowest BCUT2D eigenvalue weighted by Crippen LogP contribution is -2.19. The van der Waals surface area contributed by atoms with E-state index in [1.807, 2.05) is 69.7 Å². The van der Waals surface area contributed by atoms with E-state index in [1.54, 1.807) is 18.6 Å². The second kappa shape index (κ2) is 9.23. The number of fused-ring (bicyclic) bond motifs is 2. The molecule has 0 fully saturated rings. The average Bonchev–Trinajstić information content (AvgIpc) is 3.51. The summed E-state index contributed by atoms with van der Waals surface area (Å²) in [6, 6.07) is 14.1. The van der Waals surface area contributed by atoms with Gasteiger partial charge in [-0.05, 0) is 41.3 Å². The van der Waals surface area contributed by atoms with Gasteiger partial charge in [-0.3, -0.25) is 24.8 Å². The molecule has 3 N–H and O–H groups in total. The third-order valence-corrected chi connectivity index (χ3v) is 6.38. The standard InChI is InChI=1S/C30H27N7O/c1-30(2,3)12-28(38)34-21-9-20(14-32-15-21)18-6-7-25-23(10-18)29(37-36-25)26-11-22-24(16-33-17-27(22)35-26)19-5-4-8-31-13-19/h4-11,13-17,35H,12H2,1-3H3,(H,34,38)(H,36,37). The molecule has 0 aliphatic carbocycles. The summed E-state index contributed by atoms with van der Waals surface area (Å²) in [5.41, 5.74) is 8.06. The number of pyridine rings is 3. The van der Waals surface area contributed by atoms with E-state index in [2.05, 4.69) is 47.6 Å². The predicted molar refractivity (Wildman–Crippen MR) is 150 cm³/mol. The van der Waals surface area contributed by atoms with Gasteiger partial charge >= 0.3 is 0 Å². The molecule has 0 aliphatic heterocycles. The molecular formula is C30H27N7O. The quantitative estimate of drug-likeness (QED) is 0.246. The van der Waals surface area contributed by atoms with Gasteiger partial charge in [0.1, 0.15) is 5.69 Å². The number of hydrogen-bond donors (Lipinski definition) is 3. The number of benzene rings is 1. The van der Waals surface area contributed by atoms with Crippen LogP contribution in [0.15, 0.2) is 79.6 Å². The molecule has 0 saturated heterocycles. The number of nitrogens with zero attached hydrogens (tertiary/aromatic N) is 4. The number of hydrogen-bond acceptors (Lipinski definition) is 5. The van der Waals surface area contributed by atoms with Crippen LogP contribution in [-0.4, -0.2) is 36.0 Å². The minimum atomic E-state index is -0.0880. The summed E-state index contributed by atoms with van der Waals surface area (Å²) in [6.07, 6.45) is 11.2. The lowest BCUT2D eigenvalue weighted by Gasteiger charge is -2.17. The molecule has 38 heavy (non-hydrogen) atoms. The molecule has 1 amide bonds. The average molecular weight is 502 g/mol. The van der Waals surface area contributed by atoms with Crippen molar-refractivity contribution in [2.24, 2.45) is 5.41 Å². The molecule has 5 aromatic heterocycles. The van der Waals surface area contributed by atoms with Crippen molar-refractivity contribution in [2.45, 2.75) is 27.2 Å². The van der Waals surface area contributed by atoms with Gasteiger partial charge in [-0.1, -0.05) is 32.9 Å². The number of rotatable bonds is 5. The number of anilines is 1. The molecule has 5 heterocycles. The molecule has 1 aromatic carbocycles. The van der Waals surface area contributed by atoms with E-state index in [9.17, 15) is 4.79 Å². The van der Waals surface area contributed by atoms with Gasteiger partial charge in [-0.15, -0.1) is 0 Å². The first kappa shape index (κ1) is 23.5. The molecule has 6 aromatic rings. The fraction of sp³-hybridized carbons (Fsp3) is 0.167. The van der Waals surface area contributed by atoms with Crippen LogP contribution in [0, 0.1) is 5.41 Å². The molecule has 0 bridgehead atoms. The van der Waals surface area contributed by atoms with Gasteiger partial charge in [-0.25, -0.2) is 0 Å². The van der Waals surface area contributed by atoms with Gasteiger partial charge in [0.25, 0.3) is 0 Å². The van der Waals surface area contributed by atoms with E-state index in [-0.39, 0.29) is 11.3 Å². The molecule has 0 aliphatic rings. The molecule has 0 saturated carbocycles. The summed E-state index contributed by atoms with van der Waals surface area (Å²) in [5.74, 6) is -0.0250. The number of nitrogens with one attached hydrogen (secondary N) is 3. The SMILES string of the molecule is CC(C)(C)CC(=O)Nc1cncc(-c2ccc3[nH]nc(-c4cc5c(-c6cccnc6)cncc5[nH]4)c3c2)c1. The van der Waals surface area contributed by atoms with Crippen molar-refractivity contribution in [3.8, 4) is 33.6 Å². The van der Waals surface area contributed by atoms with Crippen LogP contribution < -0.4 is 5.32 Å². The van der Waals surface area contributed by atoms with Crippen molar-refractivity contribution in [1.82, 2.24) is 30.1 Å². The highest BCUT2D eigenvalue weighted by Crippen LogP contribution is 2.35. The first-order valence-electron chi connectivity index (χ1n) is 12.4. The van der Waals surface area contributed by atoms with Crippen molar-refractivity contribution in [2.75, 3.05) is 5.32 Å². The number of H-pyrrole nitrogens is 2. The van der Waals surface area contributed by atoms with E-state index >= 15 is 0 Å². The van der Waals surface area contributed by atoms with E-state index in [1.165, 1.54) is 0 Å². The summed E-state index contributed by atoms with van der Waals surface area (Å²) in [6.45, 7) is 6.13. The van der Waals surface area contributed by atoms with Crippen molar-refractivity contribution < 1.29 is 4.79 Å². The summed E-state index contributed by atoms with van der Waals surface area (Å²) in [4.78, 5) is 29.0. The van der Waals surface area contributed by atoms with E-state index < -0.39 is 0 Å². The van der Waals surface area contributed by atoms with Crippen LogP contribution in [0.3, 0.4) is 0 Å². The zero-order chi connectivity index (χ0) is 26.3. The second-order valence-corrected chi connectivity index (χ2v) is 10.7. The normalized spacial score (nSPS) is 11.8. The van der Waals surface area contributed by atoms with Gasteiger partial charge in [0.15, 0.2) is 0 Å². The van der Waals surface area contributed by atoms with Gasteiger partial charge in [0, 0.05) is 58.7 Å². The highest BCUT2D eigenvalue weighted by Gasteiger charge is 2.17. The van der Waals surface area contributed by atoms with Gasteiger partial charge in [0.05, 0.1) is 34.8 Å². The van der Waals surface area contributed by atoms with Gasteiger partial charge in [0.2, 0.25) is 5.91 Å². The van der Waals surface area contributed by atoms with Crippen molar-refractivity contribution >= 4 is 33.4 Å². The van der Waals surface area contributed by atoms with Crippen LogP contribution in [0.2, 0.25) is 0 Å². The molecule has 188 valence electrons. The lowest BCUT2D eigenvalue weighted by atomic mass is 9.92. The summed E-state index contributed by atoms with van der Waals surface area (Å²) in [7, 11) is 0. The van der Waals surface area contributed by atoms with Crippen molar-refractivity contribution in [1.29, 1.82) is 0 Å². The number of aromatic nitrogens is 6. The van der Waals surface area contributed by atoms with E-state index in [0.29, 0.717) is 12.1 Å². The summed E-state index contributed by atoms with van der Waals surface area (Å²) >= 11 is 0. The molecule has 0 radical (unpaired) electrons. The zero-order valence-electron chi connectivity index (χ0n) is 21.4. The number of carbonyl (C=O) groups is 1. The minimum Gasteiger partial charge on any atom is -0.352 e. The summed E-state index contributed by atoms with van der Waals surface area (Å²) in [5, 5.41) is 12.8. The number of carbonyl (C=O) groups excluding carboxylic acids is 1. The zero-order valence-corrected chi connectivity index (χ0v) is 21.4. The second-order valence-electron chi connectivity index (χ2n) is 10.7. The fourth-order valence-electron chi connectivity index (χ4n) is 4.68. The van der Waals surface area contributed by atoms with E-state index in [4.69, 9.17) is 0 Å². The Morgan fingerprint density at radius 2 is 1.68 bits per heavy atom. The maximum Gasteiger partial charge on any atom is 0.224 e. The molecule has 0 spiro atoms. The lowest BCUT2D eigenvalue weighted by molar-refractivity contribution is -0.117. The van der Waals surface area contributed by atoms with E-state index in [0.717, 1.165) is 55.4 Å². The van der Waals surface area contributed by atoms with Crippen LogP contribution in [0.4, 0.5) is 5.69 Å². The minimum absolute atomic E-state index is 0.0250. The molecule has 8 nitrogen and oxygen atoms in total. The maximum atomic E-state index is 12.4. The predicted octanol–water partition coefficient (Wildman–Crippen LogP) is 6.60.